The van der Waals surface area contributed by atoms with Crippen LogP contribution >= 0.6 is 0 Å². The Labute approximate surface area is 131 Å². The molecular formula is C18H12N2O3. The Hall–Kier alpha value is -3.21. The highest BCUT2D eigenvalue weighted by Crippen LogP contribution is 2.27. The van der Waals surface area contributed by atoms with Gasteiger partial charge in [-0.1, -0.05) is 24.3 Å². The van der Waals surface area contributed by atoms with Gasteiger partial charge in [-0.15, -0.1) is 0 Å². The Kier molecular flexibility index (Phi) is 3.05. The molecule has 0 aliphatic heterocycles. The maximum atomic E-state index is 12.5. The van der Waals surface area contributed by atoms with E-state index in [0.717, 1.165) is 5.56 Å². The summed E-state index contributed by atoms with van der Waals surface area (Å²) in [7, 11) is 1.59. The second kappa shape index (κ2) is 5.21. The topological polar surface area (TPSA) is 65.2 Å². The van der Waals surface area contributed by atoms with E-state index in [1.807, 2.05) is 30.3 Å². The van der Waals surface area contributed by atoms with E-state index < -0.39 is 0 Å². The van der Waals surface area contributed by atoms with Crippen LogP contribution in [0.5, 0.6) is 5.75 Å². The third-order valence-electron chi connectivity index (χ3n) is 3.68. The van der Waals surface area contributed by atoms with E-state index in [0.29, 0.717) is 27.9 Å². The molecule has 0 atom stereocenters. The smallest absolute Gasteiger partial charge is 0.234 e. The molecular weight excluding hydrogens is 292 g/mol. The molecule has 0 aliphatic rings. The molecule has 0 radical (unpaired) electrons. The average Bonchev–Trinajstić information content (AvgIpc) is 2.61. The number of benzene rings is 2. The highest BCUT2D eigenvalue weighted by Gasteiger charge is 2.13. The molecule has 2 aromatic carbocycles. The maximum absolute atomic E-state index is 12.5. The highest BCUT2D eigenvalue weighted by molar-refractivity contribution is 5.88. The van der Waals surface area contributed by atoms with Gasteiger partial charge in [-0.2, -0.15) is 4.98 Å². The first-order chi connectivity index (χ1) is 11.3. The number of hydrogen-bond acceptors (Lipinski definition) is 5. The normalized spacial score (nSPS) is 11.0. The largest absolute Gasteiger partial charge is 0.496 e. The molecule has 0 N–H and O–H groups in total. The van der Waals surface area contributed by atoms with Gasteiger partial charge in [0, 0.05) is 6.20 Å². The van der Waals surface area contributed by atoms with Crippen molar-refractivity contribution in [3.8, 4) is 17.1 Å². The van der Waals surface area contributed by atoms with Gasteiger partial charge in [0.2, 0.25) is 11.1 Å². The van der Waals surface area contributed by atoms with Gasteiger partial charge in [-0.25, -0.2) is 4.98 Å². The fourth-order valence-electron chi connectivity index (χ4n) is 2.55. The van der Waals surface area contributed by atoms with Crippen molar-refractivity contribution in [3.05, 3.63) is 65.0 Å². The van der Waals surface area contributed by atoms with Crippen LogP contribution in [-0.2, 0) is 0 Å². The van der Waals surface area contributed by atoms with Crippen LogP contribution in [0.25, 0.3) is 33.5 Å². The Bertz CT molecular complexity index is 1090. The summed E-state index contributed by atoms with van der Waals surface area (Å²) < 4.78 is 11.1. The van der Waals surface area contributed by atoms with Gasteiger partial charge in [-0.05, 0) is 24.3 Å². The second-order valence-corrected chi connectivity index (χ2v) is 5.04. The molecule has 5 nitrogen and oxygen atoms in total. The number of para-hydroxylation sites is 2. The van der Waals surface area contributed by atoms with Gasteiger partial charge in [-0.3, -0.25) is 4.79 Å². The standard InChI is InChI=1S/C18H12N2O3/c1-22-14-8-4-3-7-12(14)17-19-10-13-16(21)11-6-2-5-9-15(11)23-18(13)20-17/h2-10H,1H3. The maximum Gasteiger partial charge on any atom is 0.234 e. The summed E-state index contributed by atoms with van der Waals surface area (Å²) in [5.41, 5.74) is 1.39. The fourth-order valence-corrected chi connectivity index (χ4v) is 2.55. The molecule has 4 aromatic rings. The zero-order chi connectivity index (χ0) is 15.8. The van der Waals surface area contributed by atoms with Crippen LogP contribution in [0, 0.1) is 0 Å². The SMILES string of the molecule is COc1ccccc1-c1ncc2c(=O)c3ccccc3oc2n1. The van der Waals surface area contributed by atoms with E-state index in [1.54, 1.807) is 25.3 Å². The van der Waals surface area contributed by atoms with E-state index in [4.69, 9.17) is 9.15 Å². The Morgan fingerprint density at radius 3 is 2.65 bits per heavy atom. The predicted octanol–water partition coefficient (Wildman–Crippen LogP) is 3.41. The van der Waals surface area contributed by atoms with Crippen molar-refractivity contribution in [2.75, 3.05) is 7.11 Å². The first-order valence-corrected chi connectivity index (χ1v) is 7.10. The number of nitrogens with zero attached hydrogens (tertiary/aromatic N) is 2. The fraction of sp³-hybridized carbons (Fsp3) is 0.0556. The molecule has 0 unspecified atom stereocenters. The summed E-state index contributed by atoms with van der Waals surface area (Å²) in [6.07, 6.45) is 1.50. The van der Waals surface area contributed by atoms with Crippen molar-refractivity contribution in [1.82, 2.24) is 9.97 Å². The van der Waals surface area contributed by atoms with E-state index in [9.17, 15) is 4.79 Å². The Balaban J connectivity index is 2.01. The van der Waals surface area contributed by atoms with Crippen LogP contribution in [-0.4, -0.2) is 17.1 Å². The van der Waals surface area contributed by atoms with Crippen molar-refractivity contribution < 1.29 is 9.15 Å². The number of fused-ring (bicyclic) bond motifs is 2. The average molecular weight is 304 g/mol. The summed E-state index contributed by atoms with van der Waals surface area (Å²) in [4.78, 5) is 21.2. The lowest BCUT2D eigenvalue weighted by molar-refractivity contribution is 0.416. The van der Waals surface area contributed by atoms with Gasteiger partial charge in [0.1, 0.15) is 16.7 Å². The summed E-state index contributed by atoms with van der Waals surface area (Å²) in [6.45, 7) is 0. The van der Waals surface area contributed by atoms with Crippen molar-refractivity contribution in [2.45, 2.75) is 0 Å². The minimum Gasteiger partial charge on any atom is -0.496 e. The molecule has 4 rings (SSSR count). The lowest BCUT2D eigenvalue weighted by Crippen LogP contribution is -2.04. The van der Waals surface area contributed by atoms with E-state index in [2.05, 4.69) is 9.97 Å². The van der Waals surface area contributed by atoms with E-state index in [1.165, 1.54) is 6.20 Å². The molecule has 112 valence electrons. The molecule has 0 saturated heterocycles. The van der Waals surface area contributed by atoms with Crippen LogP contribution in [0.2, 0.25) is 0 Å². The molecule has 0 aliphatic carbocycles. The molecule has 0 amide bonds. The third-order valence-corrected chi connectivity index (χ3v) is 3.68. The van der Waals surface area contributed by atoms with Gasteiger partial charge in [0.15, 0.2) is 5.82 Å². The van der Waals surface area contributed by atoms with Crippen molar-refractivity contribution >= 4 is 22.1 Å². The molecule has 0 fully saturated rings. The third kappa shape index (κ3) is 2.14. The molecule has 2 heterocycles. The first kappa shape index (κ1) is 13.5. The number of aromatic nitrogens is 2. The minimum atomic E-state index is -0.131. The van der Waals surface area contributed by atoms with Gasteiger partial charge < -0.3 is 9.15 Å². The first-order valence-electron chi connectivity index (χ1n) is 7.10. The van der Waals surface area contributed by atoms with Crippen molar-refractivity contribution in [2.24, 2.45) is 0 Å². The van der Waals surface area contributed by atoms with E-state index in [-0.39, 0.29) is 11.1 Å². The molecule has 2 aromatic heterocycles. The minimum absolute atomic E-state index is 0.131. The summed E-state index contributed by atoms with van der Waals surface area (Å²) in [5.74, 6) is 1.11. The van der Waals surface area contributed by atoms with Gasteiger partial charge in [0.05, 0.1) is 18.1 Å². The van der Waals surface area contributed by atoms with Crippen LogP contribution in [0.1, 0.15) is 0 Å². The Morgan fingerprint density at radius 2 is 1.78 bits per heavy atom. The molecule has 0 bridgehead atoms. The van der Waals surface area contributed by atoms with Crippen LogP contribution in [0.15, 0.2) is 63.9 Å². The zero-order valence-electron chi connectivity index (χ0n) is 12.3. The van der Waals surface area contributed by atoms with Gasteiger partial charge in [0.25, 0.3) is 0 Å². The molecule has 23 heavy (non-hydrogen) atoms. The number of methoxy groups -OCH3 is 1. The summed E-state index contributed by atoms with van der Waals surface area (Å²) in [5, 5.41) is 0.885. The highest BCUT2D eigenvalue weighted by atomic mass is 16.5. The lowest BCUT2D eigenvalue weighted by atomic mass is 10.1. The van der Waals surface area contributed by atoms with Crippen molar-refractivity contribution in [1.29, 1.82) is 0 Å². The quantitative estimate of drug-likeness (QED) is 0.531. The molecule has 0 saturated carbocycles. The number of hydrogen-bond donors (Lipinski definition) is 0. The summed E-state index contributed by atoms with van der Waals surface area (Å²) >= 11 is 0. The zero-order valence-corrected chi connectivity index (χ0v) is 12.3. The monoisotopic (exact) mass is 304 g/mol. The number of ether oxygens (including phenoxy) is 1. The number of rotatable bonds is 2. The summed E-state index contributed by atoms with van der Waals surface area (Å²) in [6, 6.07) is 14.5. The van der Waals surface area contributed by atoms with Crippen LogP contribution in [0.3, 0.4) is 0 Å². The molecule has 5 heteroatoms. The Morgan fingerprint density at radius 1 is 1.00 bits per heavy atom. The van der Waals surface area contributed by atoms with E-state index >= 15 is 0 Å². The van der Waals surface area contributed by atoms with Crippen molar-refractivity contribution in [3.63, 3.8) is 0 Å². The van der Waals surface area contributed by atoms with Gasteiger partial charge >= 0.3 is 0 Å². The lowest BCUT2D eigenvalue weighted by Gasteiger charge is -2.07. The second-order valence-electron chi connectivity index (χ2n) is 5.04. The molecule has 0 spiro atoms. The predicted molar refractivity (Wildman–Crippen MR) is 87.6 cm³/mol. The van der Waals surface area contributed by atoms with Crippen LogP contribution < -0.4 is 10.2 Å². The van der Waals surface area contributed by atoms with Crippen LogP contribution in [0.4, 0.5) is 0 Å².